The number of rotatable bonds is 5. The molecule has 0 unspecified atom stereocenters. The van der Waals surface area contributed by atoms with Crippen LogP contribution in [0.5, 0.6) is 11.5 Å². The number of Topliss-reactive ketones (excluding diaryl/α,β-unsaturated/α-hetero) is 1. The van der Waals surface area contributed by atoms with Gasteiger partial charge in [0.2, 0.25) is 0 Å². The molecule has 0 spiro atoms. The SMILES string of the molecule is CC(C)=CC[C@@H]1C(C)=CC[C@@H](c2ccccc2)[C@@H]1C(=O)c1c(O)cc(C)cc1O. The average Bonchev–Trinajstić information content (AvgIpc) is 2.66. The van der Waals surface area contributed by atoms with Gasteiger partial charge in [0.1, 0.15) is 17.1 Å². The molecule has 0 fully saturated rings. The first kappa shape index (κ1) is 20.9. The summed E-state index contributed by atoms with van der Waals surface area (Å²) in [4.78, 5) is 13.8. The van der Waals surface area contributed by atoms with E-state index in [1.807, 2.05) is 18.2 Å². The second kappa shape index (κ2) is 8.69. The normalized spacial score (nSPS) is 21.4. The van der Waals surface area contributed by atoms with E-state index in [-0.39, 0.29) is 40.6 Å². The minimum atomic E-state index is -0.350. The number of hydrogen-bond acceptors (Lipinski definition) is 3. The summed E-state index contributed by atoms with van der Waals surface area (Å²) < 4.78 is 0. The molecular formula is C26H30O3. The van der Waals surface area contributed by atoms with Gasteiger partial charge in [-0.1, -0.05) is 53.6 Å². The summed E-state index contributed by atoms with van der Waals surface area (Å²) in [6.45, 7) is 7.99. The Bertz CT molecular complexity index is 926. The number of phenolic OH excluding ortho intramolecular Hbond substituents is 2. The molecule has 0 heterocycles. The second-order valence-corrected chi connectivity index (χ2v) is 8.39. The van der Waals surface area contributed by atoms with Gasteiger partial charge in [0.25, 0.3) is 0 Å². The minimum absolute atomic E-state index is 0.00284. The number of hydrogen-bond donors (Lipinski definition) is 2. The van der Waals surface area contributed by atoms with Gasteiger partial charge in [-0.15, -0.1) is 0 Å². The number of aromatic hydroxyl groups is 2. The summed E-state index contributed by atoms with van der Waals surface area (Å²) in [6, 6.07) is 13.2. The maximum absolute atomic E-state index is 13.8. The van der Waals surface area contributed by atoms with Gasteiger partial charge in [-0.3, -0.25) is 4.79 Å². The lowest BCUT2D eigenvalue weighted by atomic mass is 9.65. The van der Waals surface area contributed by atoms with Crippen LogP contribution in [0, 0.1) is 18.8 Å². The van der Waals surface area contributed by atoms with Crippen LogP contribution in [0.15, 0.2) is 65.8 Å². The monoisotopic (exact) mass is 390 g/mol. The van der Waals surface area contributed by atoms with E-state index in [0.29, 0.717) is 0 Å². The number of phenols is 2. The van der Waals surface area contributed by atoms with Crippen molar-refractivity contribution in [1.29, 1.82) is 0 Å². The van der Waals surface area contributed by atoms with Crippen LogP contribution in [-0.4, -0.2) is 16.0 Å². The Kier molecular flexibility index (Phi) is 6.26. The Hall–Kier alpha value is -2.81. The molecule has 3 heteroatoms. The summed E-state index contributed by atoms with van der Waals surface area (Å²) in [5.74, 6) is -0.801. The Morgan fingerprint density at radius 2 is 1.69 bits per heavy atom. The molecular weight excluding hydrogens is 360 g/mol. The highest BCUT2D eigenvalue weighted by Crippen LogP contribution is 2.46. The van der Waals surface area contributed by atoms with Crippen LogP contribution in [-0.2, 0) is 0 Å². The highest BCUT2D eigenvalue weighted by Gasteiger charge is 2.40. The van der Waals surface area contributed by atoms with E-state index >= 15 is 0 Å². The predicted molar refractivity (Wildman–Crippen MR) is 117 cm³/mol. The average molecular weight is 391 g/mol. The quantitative estimate of drug-likeness (QED) is 0.464. The molecule has 2 N–H and O–H groups in total. The van der Waals surface area contributed by atoms with Gasteiger partial charge in [0.15, 0.2) is 5.78 Å². The van der Waals surface area contributed by atoms with Gasteiger partial charge in [-0.05, 0) is 75.6 Å². The first-order valence-electron chi connectivity index (χ1n) is 10.2. The molecule has 0 amide bonds. The van der Waals surface area contributed by atoms with E-state index in [1.165, 1.54) is 11.1 Å². The number of allylic oxidation sites excluding steroid dienone is 4. The molecule has 152 valence electrons. The zero-order chi connectivity index (χ0) is 21.1. The topological polar surface area (TPSA) is 57.5 Å². The Morgan fingerprint density at radius 1 is 1.07 bits per heavy atom. The summed E-state index contributed by atoms with van der Waals surface area (Å²) >= 11 is 0. The van der Waals surface area contributed by atoms with Gasteiger partial charge in [-0.2, -0.15) is 0 Å². The third-order valence-corrected chi connectivity index (χ3v) is 5.94. The van der Waals surface area contributed by atoms with Gasteiger partial charge < -0.3 is 10.2 Å². The van der Waals surface area contributed by atoms with Crippen molar-refractivity contribution in [2.24, 2.45) is 11.8 Å². The number of ketones is 1. The molecule has 0 saturated heterocycles. The summed E-state index contributed by atoms with van der Waals surface area (Å²) in [5, 5.41) is 21.0. The first-order valence-corrected chi connectivity index (χ1v) is 10.2. The molecule has 3 rings (SSSR count). The smallest absolute Gasteiger partial charge is 0.174 e. The summed E-state index contributed by atoms with van der Waals surface area (Å²) in [5.41, 5.74) is 4.28. The van der Waals surface area contributed by atoms with Crippen molar-refractivity contribution in [3.63, 3.8) is 0 Å². The molecule has 0 saturated carbocycles. The predicted octanol–water partition coefficient (Wildman–Crippen LogP) is 6.31. The van der Waals surface area contributed by atoms with Gasteiger partial charge in [0, 0.05) is 5.92 Å². The van der Waals surface area contributed by atoms with E-state index in [4.69, 9.17) is 0 Å². The Balaban J connectivity index is 2.12. The molecule has 1 aliphatic rings. The molecule has 3 nitrogen and oxygen atoms in total. The van der Waals surface area contributed by atoms with Crippen LogP contribution < -0.4 is 0 Å². The van der Waals surface area contributed by atoms with Crippen molar-refractivity contribution in [2.75, 3.05) is 0 Å². The molecule has 0 aromatic heterocycles. The fourth-order valence-electron chi connectivity index (χ4n) is 4.45. The molecule has 1 aliphatic carbocycles. The fraction of sp³-hybridized carbons (Fsp3) is 0.346. The number of benzene rings is 2. The van der Waals surface area contributed by atoms with Crippen LogP contribution >= 0.6 is 0 Å². The largest absolute Gasteiger partial charge is 0.507 e. The number of carbonyl (C=O) groups is 1. The zero-order valence-corrected chi connectivity index (χ0v) is 17.6. The van der Waals surface area contributed by atoms with Crippen LogP contribution in [0.2, 0.25) is 0 Å². The van der Waals surface area contributed by atoms with E-state index in [1.54, 1.807) is 19.1 Å². The van der Waals surface area contributed by atoms with E-state index in [9.17, 15) is 15.0 Å². The molecule has 3 atom stereocenters. The zero-order valence-electron chi connectivity index (χ0n) is 17.6. The standard InChI is InChI=1S/C26H30O3/c1-16(2)10-12-20-18(4)11-13-21(19-8-6-5-7-9-19)24(20)26(29)25-22(27)14-17(3)15-23(25)28/h5-11,14-15,20-21,24,27-28H,12-13H2,1-4H3/t20-,21+,24-/m1/s1. The Morgan fingerprint density at radius 3 is 2.28 bits per heavy atom. The minimum Gasteiger partial charge on any atom is -0.507 e. The number of aryl methyl sites for hydroxylation is 1. The van der Waals surface area contributed by atoms with Gasteiger partial charge in [0.05, 0.1) is 0 Å². The lowest BCUT2D eigenvalue weighted by molar-refractivity contribution is 0.0844. The molecule has 2 aromatic carbocycles. The fourth-order valence-corrected chi connectivity index (χ4v) is 4.45. The summed E-state index contributed by atoms with van der Waals surface area (Å²) in [6.07, 6.45) is 5.94. The third-order valence-electron chi connectivity index (χ3n) is 5.94. The summed E-state index contributed by atoms with van der Waals surface area (Å²) in [7, 11) is 0. The highest BCUT2D eigenvalue weighted by atomic mass is 16.3. The van der Waals surface area contributed by atoms with Gasteiger partial charge in [-0.25, -0.2) is 0 Å². The van der Waals surface area contributed by atoms with E-state index < -0.39 is 0 Å². The maximum atomic E-state index is 13.8. The van der Waals surface area contributed by atoms with Crippen LogP contribution in [0.1, 0.15) is 61.0 Å². The second-order valence-electron chi connectivity index (χ2n) is 8.39. The van der Waals surface area contributed by atoms with E-state index in [2.05, 4.69) is 45.1 Å². The molecule has 29 heavy (non-hydrogen) atoms. The van der Waals surface area contributed by atoms with Crippen molar-refractivity contribution >= 4 is 5.78 Å². The highest BCUT2D eigenvalue weighted by molar-refractivity contribution is 6.03. The first-order chi connectivity index (χ1) is 13.8. The van der Waals surface area contributed by atoms with Crippen molar-refractivity contribution in [3.05, 3.63) is 82.5 Å². The van der Waals surface area contributed by atoms with Crippen molar-refractivity contribution in [3.8, 4) is 11.5 Å². The Labute approximate surface area is 173 Å². The van der Waals surface area contributed by atoms with E-state index in [0.717, 1.165) is 24.0 Å². The molecule has 0 aliphatic heterocycles. The number of carbonyl (C=O) groups excluding carboxylic acids is 1. The molecule has 0 radical (unpaired) electrons. The third kappa shape index (κ3) is 4.45. The lowest BCUT2D eigenvalue weighted by Gasteiger charge is -2.37. The van der Waals surface area contributed by atoms with Crippen molar-refractivity contribution in [2.45, 2.75) is 46.5 Å². The van der Waals surface area contributed by atoms with Crippen LogP contribution in [0.3, 0.4) is 0 Å². The molecule has 0 bridgehead atoms. The molecule has 2 aromatic rings. The lowest BCUT2D eigenvalue weighted by Crippen LogP contribution is -2.33. The maximum Gasteiger partial charge on any atom is 0.174 e. The van der Waals surface area contributed by atoms with Crippen molar-refractivity contribution < 1.29 is 15.0 Å². The van der Waals surface area contributed by atoms with Crippen LogP contribution in [0.25, 0.3) is 0 Å². The van der Waals surface area contributed by atoms with Crippen molar-refractivity contribution in [1.82, 2.24) is 0 Å². The van der Waals surface area contributed by atoms with Crippen LogP contribution in [0.4, 0.5) is 0 Å². The van der Waals surface area contributed by atoms with Gasteiger partial charge >= 0.3 is 0 Å².